The van der Waals surface area contributed by atoms with Gasteiger partial charge in [-0.3, -0.25) is 0 Å². The molecule has 0 atom stereocenters. The van der Waals surface area contributed by atoms with E-state index in [2.05, 4.69) is 0 Å². The van der Waals surface area contributed by atoms with E-state index in [-0.39, 0.29) is 36.2 Å². The Morgan fingerprint density at radius 1 is 1.62 bits per heavy atom. The first-order valence-electron chi connectivity index (χ1n) is 1.97. The fourth-order valence-electron chi connectivity index (χ4n) is 0.204. The van der Waals surface area contributed by atoms with Crippen molar-refractivity contribution in [3.8, 4) is 0 Å². The van der Waals surface area contributed by atoms with E-state index in [9.17, 15) is 9.90 Å². The molecule has 48 valence electrons. The smallest absolute Gasteiger partial charge is 1.00 e. The molecule has 0 aromatic heterocycles. The molecule has 2 nitrogen and oxygen atoms in total. The Balaban J connectivity index is -0.000000125. The monoisotopic (exact) mass is 174 g/mol. The molecule has 4 heteroatoms. The van der Waals surface area contributed by atoms with Crippen molar-refractivity contribution >= 4 is 5.97 Å². The molecule has 0 aliphatic rings. The summed E-state index contributed by atoms with van der Waals surface area (Å²) in [6.07, 6.45) is 0.850. The zero-order valence-electron chi connectivity index (χ0n) is 4.52. The largest absolute Gasteiger partial charge is 2.00 e. The first-order chi connectivity index (χ1) is 2.77. The van der Waals surface area contributed by atoms with Crippen LogP contribution in [0, 0.1) is 0 Å². The van der Waals surface area contributed by atoms with Gasteiger partial charge in [0.15, 0.2) is 0 Å². The molecule has 0 radical (unpaired) electrons. The standard InChI is InChI=1S/C4H8O2.ClH.Cr/c1-2-3-4(5)6;;/h2-3H2,1H3,(H,5,6);1H;/q;;+2/p-2. The zero-order valence-corrected chi connectivity index (χ0v) is 6.55. The van der Waals surface area contributed by atoms with Gasteiger partial charge in [0.25, 0.3) is 0 Å². The van der Waals surface area contributed by atoms with Crippen molar-refractivity contribution in [2.24, 2.45) is 0 Å². The minimum absolute atomic E-state index is 0. The Morgan fingerprint density at radius 3 is 2.00 bits per heavy atom. The molecule has 0 bridgehead atoms. The van der Waals surface area contributed by atoms with Gasteiger partial charge in [0, 0.05) is 5.97 Å². The molecule has 0 fully saturated rings. The second kappa shape index (κ2) is 10.3. The average molecular weight is 175 g/mol. The van der Waals surface area contributed by atoms with Gasteiger partial charge in [-0.1, -0.05) is 13.3 Å². The van der Waals surface area contributed by atoms with Crippen LogP contribution in [0.2, 0.25) is 0 Å². The van der Waals surface area contributed by atoms with Crippen molar-refractivity contribution in [2.45, 2.75) is 19.8 Å². The number of aliphatic carboxylic acids is 1. The maximum absolute atomic E-state index is 9.49. The molecule has 0 unspecified atom stereocenters. The molecule has 0 saturated carbocycles. The van der Waals surface area contributed by atoms with Crippen molar-refractivity contribution < 1.29 is 39.7 Å². The summed E-state index contributed by atoms with van der Waals surface area (Å²) < 4.78 is 0. The van der Waals surface area contributed by atoms with Gasteiger partial charge in [0.05, 0.1) is 0 Å². The Hall–Kier alpha value is 0.292. The summed E-state index contributed by atoms with van der Waals surface area (Å²) in [7, 11) is 0. The Kier molecular flexibility index (Phi) is 20.3. The second-order valence-electron chi connectivity index (χ2n) is 1.12. The minimum atomic E-state index is -0.961. The Labute approximate surface area is 65.8 Å². The summed E-state index contributed by atoms with van der Waals surface area (Å²) in [6.45, 7) is 1.80. The topological polar surface area (TPSA) is 40.1 Å². The average Bonchev–Trinajstić information content (AvgIpc) is 1.35. The van der Waals surface area contributed by atoms with E-state index in [1.165, 1.54) is 0 Å². The summed E-state index contributed by atoms with van der Waals surface area (Å²) in [5, 5.41) is 9.49. The maximum Gasteiger partial charge on any atom is 2.00 e. The van der Waals surface area contributed by atoms with Crippen molar-refractivity contribution in [1.82, 2.24) is 0 Å². The van der Waals surface area contributed by atoms with Crippen LogP contribution in [-0.4, -0.2) is 5.97 Å². The van der Waals surface area contributed by atoms with Gasteiger partial charge in [-0.2, -0.15) is 0 Å². The molecule has 0 aromatic rings. The number of halogens is 1. The quantitative estimate of drug-likeness (QED) is 0.437. The minimum Gasteiger partial charge on any atom is -1.00 e. The number of carbonyl (C=O) groups is 1. The molecule has 0 amide bonds. The SMILES string of the molecule is CCCC(=O)[O-].[Cl-].[Cr+2]. The van der Waals surface area contributed by atoms with Crippen LogP contribution in [0.5, 0.6) is 0 Å². The van der Waals surface area contributed by atoms with E-state index in [0.29, 0.717) is 6.42 Å². The van der Waals surface area contributed by atoms with Gasteiger partial charge < -0.3 is 22.3 Å². The van der Waals surface area contributed by atoms with E-state index in [1.54, 1.807) is 6.92 Å². The molecule has 0 aliphatic carbocycles. The van der Waals surface area contributed by atoms with Gasteiger partial charge in [0.2, 0.25) is 0 Å². The molecule has 0 spiro atoms. The summed E-state index contributed by atoms with van der Waals surface area (Å²) in [4.78, 5) is 9.49. The van der Waals surface area contributed by atoms with Crippen LogP contribution in [-0.2, 0) is 22.2 Å². The first-order valence-corrected chi connectivity index (χ1v) is 1.97. The molecule has 0 heterocycles. The molecule has 0 saturated heterocycles. The van der Waals surface area contributed by atoms with E-state index < -0.39 is 5.97 Å². The van der Waals surface area contributed by atoms with Crippen LogP contribution >= 0.6 is 0 Å². The summed E-state index contributed by atoms with van der Waals surface area (Å²) >= 11 is 0. The molecule has 8 heavy (non-hydrogen) atoms. The van der Waals surface area contributed by atoms with Gasteiger partial charge in [-0.15, -0.1) is 0 Å². The van der Waals surface area contributed by atoms with Crippen LogP contribution in [0.3, 0.4) is 0 Å². The van der Waals surface area contributed by atoms with Crippen molar-refractivity contribution in [3.63, 3.8) is 0 Å². The van der Waals surface area contributed by atoms with Crippen LogP contribution in [0.4, 0.5) is 0 Å². The molecule has 0 rings (SSSR count). The summed E-state index contributed by atoms with van der Waals surface area (Å²) in [5.74, 6) is -0.961. The van der Waals surface area contributed by atoms with Gasteiger partial charge >= 0.3 is 17.4 Å². The number of hydrogen-bond donors (Lipinski definition) is 0. The van der Waals surface area contributed by atoms with Crippen LogP contribution < -0.4 is 17.5 Å². The van der Waals surface area contributed by atoms with Crippen LogP contribution in [0.15, 0.2) is 0 Å². The maximum atomic E-state index is 9.49. The predicted octanol–water partition coefficient (Wildman–Crippen LogP) is -3.46. The number of hydrogen-bond acceptors (Lipinski definition) is 2. The van der Waals surface area contributed by atoms with E-state index in [0.717, 1.165) is 0 Å². The second-order valence-corrected chi connectivity index (χ2v) is 1.12. The number of rotatable bonds is 2. The van der Waals surface area contributed by atoms with Crippen LogP contribution in [0.1, 0.15) is 19.8 Å². The summed E-state index contributed by atoms with van der Waals surface area (Å²) in [6, 6.07) is 0. The fraction of sp³-hybridized carbons (Fsp3) is 0.750. The Bertz CT molecular complexity index is 58.0. The zero-order chi connectivity index (χ0) is 4.99. The first kappa shape index (κ1) is 15.7. The molecular formula is C4H7ClCrO2. The third-order valence-electron chi connectivity index (χ3n) is 0.454. The number of carboxylic acid groups (broad SMARTS) is 1. The molecule has 0 aromatic carbocycles. The molecule has 0 aliphatic heterocycles. The Morgan fingerprint density at radius 2 is 2.00 bits per heavy atom. The van der Waals surface area contributed by atoms with E-state index in [4.69, 9.17) is 0 Å². The van der Waals surface area contributed by atoms with E-state index in [1.807, 2.05) is 0 Å². The van der Waals surface area contributed by atoms with Gasteiger partial charge in [-0.05, 0) is 6.42 Å². The molecular weight excluding hydrogens is 167 g/mol. The van der Waals surface area contributed by atoms with Gasteiger partial charge in [-0.25, -0.2) is 0 Å². The normalized spacial score (nSPS) is 6.12. The van der Waals surface area contributed by atoms with Crippen molar-refractivity contribution in [1.29, 1.82) is 0 Å². The predicted molar refractivity (Wildman–Crippen MR) is 19.9 cm³/mol. The number of carboxylic acids is 1. The fourth-order valence-corrected chi connectivity index (χ4v) is 0.204. The number of carbonyl (C=O) groups excluding carboxylic acids is 1. The van der Waals surface area contributed by atoms with E-state index >= 15 is 0 Å². The van der Waals surface area contributed by atoms with Crippen molar-refractivity contribution in [3.05, 3.63) is 0 Å². The third-order valence-corrected chi connectivity index (χ3v) is 0.454. The summed E-state index contributed by atoms with van der Waals surface area (Å²) in [5.41, 5.74) is 0. The third kappa shape index (κ3) is 16.3. The van der Waals surface area contributed by atoms with Crippen molar-refractivity contribution in [2.75, 3.05) is 0 Å². The molecule has 0 N–H and O–H groups in total. The van der Waals surface area contributed by atoms with Gasteiger partial charge in [0.1, 0.15) is 0 Å². The van der Waals surface area contributed by atoms with Crippen LogP contribution in [0.25, 0.3) is 0 Å².